The first kappa shape index (κ1) is 9.46. The maximum atomic E-state index is 4.63. The number of benzene rings is 1. The number of nitrogens with one attached hydrogen (secondary N) is 1. The first-order chi connectivity index (χ1) is 6.85. The van der Waals surface area contributed by atoms with E-state index in [9.17, 15) is 0 Å². The molecule has 2 rings (SSSR count). The van der Waals surface area contributed by atoms with Gasteiger partial charge in [-0.25, -0.2) is 4.98 Å². The molecule has 0 saturated carbocycles. The number of hydrogen-bond acceptors (Lipinski definition) is 3. The summed E-state index contributed by atoms with van der Waals surface area (Å²) < 4.78 is 1.28. The van der Waals surface area contributed by atoms with E-state index in [0.29, 0.717) is 0 Å². The summed E-state index contributed by atoms with van der Waals surface area (Å²) in [6.45, 7) is 2.19. The van der Waals surface area contributed by atoms with Crippen LogP contribution >= 0.6 is 11.3 Å². The van der Waals surface area contributed by atoms with E-state index in [1.807, 2.05) is 7.05 Å². The van der Waals surface area contributed by atoms with Crippen molar-refractivity contribution in [2.24, 2.45) is 0 Å². The normalized spacial score (nSPS) is 10.7. The summed E-state index contributed by atoms with van der Waals surface area (Å²) >= 11 is 1.80. The molecule has 74 valence electrons. The molecule has 3 heteroatoms. The highest BCUT2D eigenvalue weighted by atomic mass is 32.1. The van der Waals surface area contributed by atoms with Crippen LogP contribution < -0.4 is 5.32 Å². The van der Waals surface area contributed by atoms with Gasteiger partial charge in [0, 0.05) is 7.05 Å². The lowest BCUT2D eigenvalue weighted by atomic mass is 10.3. The Labute approximate surface area is 88.0 Å². The summed E-state index contributed by atoms with van der Waals surface area (Å²) in [5.74, 6) is 0. The number of hydrogen-bond donors (Lipinski definition) is 1. The molecular formula is C11H14N2S. The number of aryl methyl sites for hydroxylation is 1. The third kappa shape index (κ3) is 1.60. The molecule has 1 aromatic heterocycles. The summed E-state index contributed by atoms with van der Waals surface area (Å²) in [5, 5.41) is 4.41. The topological polar surface area (TPSA) is 24.9 Å². The van der Waals surface area contributed by atoms with Crippen LogP contribution in [0.25, 0.3) is 10.2 Å². The number of fused-ring (bicyclic) bond motifs is 1. The van der Waals surface area contributed by atoms with Crippen LogP contribution in [0.2, 0.25) is 0 Å². The minimum absolute atomic E-state index is 1.09. The van der Waals surface area contributed by atoms with E-state index < -0.39 is 0 Å². The fourth-order valence-electron chi connectivity index (χ4n) is 1.52. The molecule has 0 radical (unpaired) electrons. The number of anilines is 1. The van der Waals surface area contributed by atoms with Crippen molar-refractivity contribution in [2.75, 3.05) is 12.4 Å². The maximum Gasteiger partial charge on any atom is 0.105 e. The van der Waals surface area contributed by atoms with E-state index in [1.54, 1.807) is 11.3 Å². The van der Waals surface area contributed by atoms with Gasteiger partial charge < -0.3 is 5.32 Å². The molecule has 14 heavy (non-hydrogen) atoms. The van der Waals surface area contributed by atoms with Gasteiger partial charge in [0.25, 0.3) is 0 Å². The molecule has 1 aromatic carbocycles. The predicted molar refractivity (Wildman–Crippen MR) is 63.2 cm³/mol. The molecule has 1 heterocycles. The summed E-state index contributed by atoms with van der Waals surface area (Å²) in [6.07, 6.45) is 2.25. The third-order valence-electron chi connectivity index (χ3n) is 2.20. The highest BCUT2D eigenvalue weighted by Crippen LogP contribution is 2.28. The molecular weight excluding hydrogens is 192 g/mol. The van der Waals surface area contributed by atoms with Gasteiger partial charge in [0.1, 0.15) is 5.52 Å². The first-order valence-corrected chi connectivity index (χ1v) is 5.73. The van der Waals surface area contributed by atoms with E-state index in [1.165, 1.54) is 9.71 Å². The van der Waals surface area contributed by atoms with Gasteiger partial charge in [-0.05, 0) is 25.0 Å². The Morgan fingerprint density at radius 3 is 3.00 bits per heavy atom. The number of para-hydroxylation sites is 1. The van der Waals surface area contributed by atoms with Gasteiger partial charge in [-0.15, -0.1) is 11.3 Å². The molecule has 2 nitrogen and oxygen atoms in total. The molecule has 0 amide bonds. The second-order valence-electron chi connectivity index (χ2n) is 3.26. The lowest BCUT2D eigenvalue weighted by Gasteiger charge is -1.98. The zero-order chi connectivity index (χ0) is 9.97. The van der Waals surface area contributed by atoms with Crippen molar-refractivity contribution in [3.8, 4) is 0 Å². The summed E-state index contributed by atoms with van der Waals surface area (Å²) in [7, 11) is 1.94. The van der Waals surface area contributed by atoms with Gasteiger partial charge in [-0.1, -0.05) is 13.0 Å². The molecule has 0 aliphatic heterocycles. The molecule has 0 saturated heterocycles. The van der Waals surface area contributed by atoms with Crippen molar-refractivity contribution in [3.05, 3.63) is 23.2 Å². The van der Waals surface area contributed by atoms with Crippen LogP contribution in [0.5, 0.6) is 0 Å². The molecule has 0 aliphatic rings. The van der Waals surface area contributed by atoms with Crippen LogP contribution in [0.4, 0.5) is 5.69 Å². The SMILES string of the molecule is CCCc1nc2c(NC)cccc2s1. The Balaban J connectivity index is 2.52. The van der Waals surface area contributed by atoms with E-state index in [0.717, 1.165) is 24.0 Å². The van der Waals surface area contributed by atoms with Crippen LogP contribution in [0.3, 0.4) is 0 Å². The van der Waals surface area contributed by atoms with Crippen LogP contribution in [0, 0.1) is 0 Å². The standard InChI is InChI=1S/C11H14N2S/c1-3-5-10-13-11-8(12-2)6-4-7-9(11)14-10/h4,6-7,12H,3,5H2,1-2H3. The van der Waals surface area contributed by atoms with Gasteiger partial charge in [0.05, 0.1) is 15.4 Å². The van der Waals surface area contributed by atoms with Crippen molar-refractivity contribution in [1.82, 2.24) is 4.98 Å². The van der Waals surface area contributed by atoms with Crippen molar-refractivity contribution < 1.29 is 0 Å². The van der Waals surface area contributed by atoms with E-state index in [2.05, 4.69) is 35.4 Å². The molecule has 0 aliphatic carbocycles. The van der Waals surface area contributed by atoms with Crippen molar-refractivity contribution in [1.29, 1.82) is 0 Å². The number of aromatic nitrogens is 1. The van der Waals surface area contributed by atoms with Crippen molar-refractivity contribution in [2.45, 2.75) is 19.8 Å². The minimum Gasteiger partial charge on any atom is -0.386 e. The van der Waals surface area contributed by atoms with Crippen LogP contribution in [0.1, 0.15) is 18.4 Å². The summed E-state index contributed by atoms with van der Waals surface area (Å²) in [4.78, 5) is 4.63. The summed E-state index contributed by atoms with van der Waals surface area (Å²) in [5.41, 5.74) is 2.24. The first-order valence-electron chi connectivity index (χ1n) is 4.91. The molecule has 0 unspecified atom stereocenters. The van der Waals surface area contributed by atoms with Gasteiger partial charge in [-0.3, -0.25) is 0 Å². The molecule has 0 atom stereocenters. The van der Waals surface area contributed by atoms with Gasteiger partial charge in [-0.2, -0.15) is 0 Å². The predicted octanol–water partition coefficient (Wildman–Crippen LogP) is 3.29. The largest absolute Gasteiger partial charge is 0.386 e. The van der Waals surface area contributed by atoms with Crippen molar-refractivity contribution >= 4 is 27.2 Å². The quantitative estimate of drug-likeness (QED) is 0.833. The Kier molecular flexibility index (Phi) is 2.68. The Morgan fingerprint density at radius 2 is 2.29 bits per heavy atom. The average molecular weight is 206 g/mol. The summed E-state index contributed by atoms with van der Waals surface area (Å²) in [6, 6.07) is 6.27. The Hall–Kier alpha value is -1.09. The highest BCUT2D eigenvalue weighted by Gasteiger charge is 2.05. The molecule has 0 spiro atoms. The fourth-order valence-corrected chi connectivity index (χ4v) is 2.61. The maximum absolute atomic E-state index is 4.63. The number of nitrogens with zero attached hydrogens (tertiary/aromatic N) is 1. The van der Waals surface area contributed by atoms with Gasteiger partial charge in [0.15, 0.2) is 0 Å². The molecule has 0 bridgehead atoms. The lowest BCUT2D eigenvalue weighted by Crippen LogP contribution is -1.88. The fraction of sp³-hybridized carbons (Fsp3) is 0.364. The second-order valence-corrected chi connectivity index (χ2v) is 4.38. The third-order valence-corrected chi connectivity index (χ3v) is 3.28. The zero-order valence-electron chi connectivity index (χ0n) is 8.50. The van der Waals surface area contributed by atoms with E-state index in [-0.39, 0.29) is 0 Å². The smallest absolute Gasteiger partial charge is 0.105 e. The average Bonchev–Trinajstić information content (AvgIpc) is 2.60. The van der Waals surface area contributed by atoms with Crippen LogP contribution in [-0.4, -0.2) is 12.0 Å². The number of thiazole rings is 1. The van der Waals surface area contributed by atoms with Crippen LogP contribution in [-0.2, 0) is 6.42 Å². The van der Waals surface area contributed by atoms with E-state index in [4.69, 9.17) is 0 Å². The molecule has 2 aromatic rings. The molecule has 0 fully saturated rings. The molecule has 1 N–H and O–H groups in total. The Morgan fingerprint density at radius 1 is 1.43 bits per heavy atom. The highest BCUT2D eigenvalue weighted by molar-refractivity contribution is 7.18. The van der Waals surface area contributed by atoms with Crippen molar-refractivity contribution in [3.63, 3.8) is 0 Å². The number of rotatable bonds is 3. The lowest BCUT2D eigenvalue weighted by molar-refractivity contribution is 0.913. The Bertz CT molecular complexity index is 434. The van der Waals surface area contributed by atoms with Gasteiger partial charge in [0.2, 0.25) is 0 Å². The van der Waals surface area contributed by atoms with E-state index >= 15 is 0 Å². The van der Waals surface area contributed by atoms with Gasteiger partial charge >= 0.3 is 0 Å². The zero-order valence-corrected chi connectivity index (χ0v) is 9.32. The second kappa shape index (κ2) is 3.96. The minimum atomic E-state index is 1.09. The van der Waals surface area contributed by atoms with Crippen LogP contribution in [0.15, 0.2) is 18.2 Å². The monoisotopic (exact) mass is 206 g/mol.